The lowest BCUT2D eigenvalue weighted by Crippen LogP contribution is -2.35. The third-order valence-corrected chi connectivity index (χ3v) is 3.43. The van der Waals surface area contributed by atoms with Crippen molar-refractivity contribution < 1.29 is 14.6 Å². The number of carbonyl (C=O) groups excluding carboxylic acids is 1. The van der Waals surface area contributed by atoms with E-state index in [1.807, 2.05) is 0 Å². The average molecular weight is 288 g/mol. The van der Waals surface area contributed by atoms with Crippen molar-refractivity contribution in [3.8, 4) is 11.8 Å². The Morgan fingerprint density at radius 1 is 1.57 bits per heavy atom. The summed E-state index contributed by atoms with van der Waals surface area (Å²) >= 11 is 0. The van der Waals surface area contributed by atoms with Gasteiger partial charge in [-0.3, -0.25) is 4.79 Å². The van der Waals surface area contributed by atoms with Crippen LogP contribution in [0.15, 0.2) is 18.3 Å². The van der Waals surface area contributed by atoms with Crippen LogP contribution < -0.4 is 0 Å². The van der Waals surface area contributed by atoms with Gasteiger partial charge in [0, 0.05) is 32.0 Å². The molecule has 1 aromatic heterocycles. The number of carbonyl (C=O) groups is 1. The van der Waals surface area contributed by atoms with Crippen LogP contribution in [0.3, 0.4) is 0 Å². The van der Waals surface area contributed by atoms with Crippen LogP contribution >= 0.6 is 0 Å². The number of hydrogen-bond donors (Lipinski definition) is 1. The maximum Gasteiger partial charge on any atom is 0.272 e. The molecule has 1 aliphatic rings. The monoisotopic (exact) mass is 288 g/mol. The zero-order valence-electron chi connectivity index (χ0n) is 12.2. The Morgan fingerprint density at radius 3 is 3.05 bits per heavy atom. The molecule has 5 heteroatoms. The minimum Gasteiger partial charge on any atom is -0.384 e. The molecule has 5 nitrogen and oxygen atoms in total. The topological polar surface area (TPSA) is 62.7 Å². The molecule has 1 saturated heterocycles. The summed E-state index contributed by atoms with van der Waals surface area (Å²) < 4.78 is 5.43. The molecule has 1 fully saturated rings. The van der Waals surface area contributed by atoms with Gasteiger partial charge < -0.3 is 14.7 Å². The van der Waals surface area contributed by atoms with E-state index in [9.17, 15) is 4.79 Å². The van der Waals surface area contributed by atoms with Crippen molar-refractivity contribution in [2.24, 2.45) is 5.92 Å². The molecular weight excluding hydrogens is 268 g/mol. The second-order valence-electron chi connectivity index (χ2n) is 5.16. The number of ether oxygens (including phenoxy) is 1. The molecule has 1 aromatic rings. The largest absolute Gasteiger partial charge is 0.384 e. The minimum atomic E-state index is -0.188. The van der Waals surface area contributed by atoms with Gasteiger partial charge in [-0.15, -0.1) is 0 Å². The standard InChI is InChI=1S/C16H20N2O3/c1-18(11-14-5-3-9-21-12-14)16(20)15-7-6-13(10-17-15)4-2-8-19/h6-7,10,14,19H,3,5,8-9,11-12H2,1H3. The molecule has 1 amide bonds. The fourth-order valence-corrected chi connectivity index (χ4v) is 2.35. The molecule has 0 aliphatic carbocycles. The van der Waals surface area contributed by atoms with Crippen molar-refractivity contribution in [1.82, 2.24) is 9.88 Å². The molecular formula is C16H20N2O3. The van der Waals surface area contributed by atoms with Crippen LogP contribution in [-0.2, 0) is 4.74 Å². The summed E-state index contributed by atoms with van der Waals surface area (Å²) in [5.74, 6) is 5.61. The number of hydrogen-bond acceptors (Lipinski definition) is 4. The highest BCUT2D eigenvalue weighted by atomic mass is 16.5. The third kappa shape index (κ3) is 4.55. The molecule has 0 radical (unpaired) electrons. The molecule has 112 valence electrons. The SMILES string of the molecule is CN(CC1CCCOC1)C(=O)c1ccc(C#CCO)cn1. The lowest BCUT2D eigenvalue weighted by molar-refractivity contribution is 0.0387. The van der Waals surface area contributed by atoms with E-state index >= 15 is 0 Å². The van der Waals surface area contributed by atoms with Gasteiger partial charge in [-0.05, 0) is 30.9 Å². The second kappa shape index (κ2) is 7.77. The zero-order chi connectivity index (χ0) is 15.1. The molecule has 1 aliphatic heterocycles. The first-order chi connectivity index (χ1) is 10.2. The van der Waals surface area contributed by atoms with E-state index in [1.54, 1.807) is 30.3 Å². The highest BCUT2D eigenvalue weighted by Crippen LogP contribution is 2.15. The van der Waals surface area contributed by atoms with E-state index in [0.29, 0.717) is 23.7 Å². The molecule has 0 saturated carbocycles. The van der Waals surface area contributed by atoms with Crippen molar-refractivity contribution in [3.05, 3.63) is 29.6 Å². The average Bonchev–Trinajstić information content (AvgIpc) is 2.53. The highest BCUT2D eigenvalue weighted by molar-refractivity contribution is 5.92. The van der Waals surface area contributed by atoms with Crippen LogP contribution in [-0.4, -0.2) is 54.3 Å². The quantitative estimate of drug-likeness (QED) is 0.840. The van der Waals surface area contributed by atoms with Crippen molar-refractivity contribution in [3.63, 3.8) is 0 Å². The fraction of sp³-hybridized carbons (Fsp3) is 0.500. The molecule has 2 rings (SSSR count). The van der Waals surface area contributed by atoms with Gasteiger partial charge in [0.05, 0.1) is 6.61 Å². The van der Waals surface area contributed by atoms with Crippen molar-refractivity contribution in [2.45, 2.75) is 12.8 Å². The lowest BCUT2D eigenvalue weighted by atomic mass is 10.0. The zero-order valence-corrected chi connectivity index (χ0v) is 12.2. The first-order valence-corrected chi connectivity index (χ1v) is 7.09. The summed E-state index contributed by atoms with van der Waals surface area (Å²) in [6, 6.07) is 3.40. The van der Waals surface area contributed by atoms with Crippen molar-refractivity contribution in [1.29, 1.82) is 0 Å². The highest BCUT2D eigenvalue weighted by Gasteiger charge is 2.20. The third-order valence-electron chi connectivity index (χ3n) is 3.43. The molecule has 0 aromatic carbocycles. The predicted octanol–water partition coefficient (Wildman–Crippen LogP) is 0.924. The van der Waals surface area contributed by atoms with E-state index in [-0.39, 0.29) is 12.5 Å². The van der Waals surface area contributed by atoms with E-state index in [2.05, 4.69) is 16.8 Å². The van der Waals surface area contributed by atoms with Crippen LogP contribution in [0.2, 0.25) is 0 Å². The number of nitrogens with zero attached hydrogens (tertiary/aromatic N) is 2. The van der Waals surface area contributed by atoms with Crippen LogP contribution in [0, 0.1) is 17.8 Å². The number of rotatable bonds is 3. The van der Waals surface area contributed by atoms with Gasteiger partial charge in [-0.1, -0.05) is 11.8 Å². The number of amides is 1. The van der Waals surface area contributed by atoms with E-state index in [1.165, 1.54) is 0 Å². The Bertz CT molecular complexity index is 525. The maximum atomic E-state index is 12.3. The number of aliphatic hydroxyl groups is 1. The van der Waals surface area contributed by atoms with Crippen molar-refractivity contribution >= 4 is 5.91 Å². The summed E-state index contributed by atoms with van der Waals surface area (Å²) in [6.45, 7) is 2.05. The molecule has 0 spiro atoms. The Balaban J connectivity index is 1.94. The van der Waals surface area contributed by atoms with Gasteiger partial charge in [0.1, 0.15) is 12.3 Å². The van der Waals surface area contributed by atoms with Crippen LogP contribution in [0.4, 0.5) is 0 Å². The molecule has 1 atom stereocenters. The molecule has 21 heavy (non-hydrogen) atoms. The lowest BCUT2D eigenvalue weighted by Gasteiger charge is -2.26. The smallest absolute Gasteiger partial charge is 0.272 e. The Hall–Kier alpha value is -1.90. The Labute approximate surface area is 124 Å². The fourth-order valence-electron chi connectivity index (χ4n) is 2.35. The normalized spacial score (nSPS) is 17.7. The Morgan fingerprint density at radius 2 is 2.43 bits per heavy atom. The van der Waals surface area contributed by atoms with Gasteiger partial charge >= 0.3 is 0 Å². The molecule has 2 heterocycles. The number of pyridine rings is 1. The predicted molar refractivity (Wildman–Crippen MR) is 78.7 cm³/mol. The van der Waals surface area contributed by atoms with Crippen LogP contribution in [0.1, 0.15) is 28.9 Å². The second-order valence-corrected chi connectivity index (χ2v) is 5.16. The minimum absolute atomic E-state index is 0.0951. The van der Waals surface area contributed by atoms with Crippen molar-refractivity contribution in [2.75, 3.05) is 33.4 Å². The maximum absolute atomic E-state index is 12.3. The van der Waals surface area contributed by atoms with E-state index < -0.39 is 0 Å². The summed E-state index contributed by atoms with van der Waals surface area (Å²) in [7, 11) is 1.79. The summed E-state index contributed by atoms with van der Waals surface area (Å²) in [6.07, 6.45) is 3.71. The van der Waals surface area contributed by atoms with Crippen LogP contribution in [0.5, 0.6) is 0 Å². The van der Waals surface area contributed by atoms with Gasteiger partial charge in [-0.25, -0.2) is 4.98 Å². The summed E-state index contributed by atoms with van der Waals surface area (Å²) in [4.78, 5) is 18.1. The molecule has 1 N–H and O–H groups in total. The first-order valence-electron chi connectivity index (χ1n) is 7.09. The molecule has 0 bridgehead atoms. The number of aliphatic hydroxyl groups excluding tert-OH is 1. The Kier molecular flexibility index (Phi) is 5.73. The van der Waals surface area contributed by atoms with Crippen LogP contribution in [0.25, 0.3) is 0 Å². The van der Waals surface area contributed by atoms with E-state index in [0.717, 1.165) is 26.1 Å². The van der Waals surface area contributed by atoms with E-state index in [4.69, 9.17) is 9.84 Å². The number of aromatic nitrogens is 1. The van der Waals surface area contributed by atoms with Gasteiger partial charge in [0.2, 0.25) is 0 Å². The van der Waals surface area contributed by atoms with Gasteiger partial charge in [0.15, 0.2) is 0 Å². The molecule has 1 unspecified atom stereocenters. The van der Waals surface area contributed by atoms with Gasteiger partial charge in [-0.2, -0.15) is 0 Å². The summed E-state index contributed by atoms with van der Waals surface area (Å²) in [5, 5.41) is 8.63. The first kappa shape index (κ1) is 15.5. The van der Waals surface area contributed by atoms with Gasteiger partial charge in [0.25, 0.3) is 5.91 Å². The summed E-state index contributed by atoms with van der Waals surface area (Å²) in [5.41, 5.74) is 1.09.